The van der Waals surface area contributed by atoms with E-state index >= 15 is 0 Å². The third-order valence-electron chi connectivity index (χ3n) is 3.39. The lowest BCUT2D eigenvalue weighted by Crippen LogP contribution is -2.31. The molecule has 0 atom stereocenters. The molecule has 0 aliphatic heterocycles. The topological polar surface area (TPSA) is 84.2 Å². The Bertz CT molecular complexity index is 799. The van der Waals surface area contributed by atoms with Gasteiger partial charge in [0.1, 0.15) is 12.1 Å². The second-order valence-electron chi connectivity index (χ2n) is 5.19. The Hall–Kier alpha value is -2.96. The summed E-state index contributed by atoms with van der Waals surface area (Å²) in [6.07, 6.45) is 2.25. The summed E-state index contributed by atoms with van der Waals surface area (Å²) in [6, 6.07) is 11.9. The molecule has 0 fully saturated rings. The Labute approximate surface area is 133 Å². The number of hydrogen-bond acceptors (Lipinski definition) is 5. The molecule has 7 nitrogen and oxygen atoms in total. The molecule has 2 aromatic heterocycles. The molecule has 3 aromatic rings. The van der Waals surface area contributed by atoms with Gasteiger partial charge < -0.3 is 10.6 Å². The number of rotatable bonds is 6. The highest BCUT2D eigenvalue weighted by molar-refractivity contribution is 5.80. The highest BCUT2D eigenvalue weighted by atomic mass is 16.1. The third-order valence-corrected chi connectivity index (χ3v) is 3.39. The first-order valence-electron chi connectivity index (χ1n) is 7.44. The van der Waals surface area contributed by atoms with Crippen molar-refractivity contribution in [1.82, 2.24) is 24.9 Å². The molecule has 1 amide bonds. The van der Waals surface area contributed by atoms with Crippen LogP contribution >= 0.6 is 0 Å². The lowest BCUT2D eigenvalue weighted by molar-refractivity contribution is -0.119. The monoisotopic (exact) mass is 310 g/mol. The number of aryl methyl sites for hydroxylation is 1. The number of carbonyl (C=O) groups excluding carboxylic acids is 1. The van der Waals surface area contributed by atoms with Crippen LogP contribution in [0.1, 0.15) is 11.3 Å². The van der Waals surface area contributed by atoms with Gasteiger partial charge in [-0.15, -0.1) is 0 Å². The molecule has 0 saturated carbocycles. The average molecular weight is 310 g/mol. The quantitative estimate of drug-likeness (QED) is 0.715. The van der Waals surface area contributed by atoms with Gasteiger partial charge in [-0.2, -0.15) is 14.6 Å². The number of fused-ring (bicyclic) bond motifs is 1. The number of nitrogens with one attached hydrogen (secondary N) is 2. The van der Waals surface area contributed by atoms with Gasteiger partial charge in [0.05, 0.1) is 6.54 Å². The van der Waals surface area contributed by atoms with Gasteiger partial charge in [-0.05, 0) is 18.9 Å². The maximum atomic E-state index is 11.9. The molecule has 0 radical (unpaired) electrons. The van der Waals surface area contributed by atoms with E-state index in [-0.39, 0.29) is 12.5 Å². The molecule has 7 heteroatoms. The summed E-state index contributed by atoms with van der Waals surface area (Å²) in [5, 5.41) is 10.1. The average Bonchev–Trinajstić information content (AvgIpc) is 3.02. The van der Waals surface area contributed by atoms with Crippen molar-refractivity contribution in [3.63, 3.8) is 0 Å². The zero-order valence-corrected chi connectivity index (χ0v) is 12.9. The maximum Gasteiger partial charge on any atom is 0.254 e. The molecule has 1 aromatic carbocycles. The first kappa shape index (κ1) is 15.0. The largest absolute Gasteiger partial charge is 0.361 e. The zero-order valence-electron chi connectivity index (χ0n) is 12.9. The van der Waals surface area contributed by atoms with Crippen molar-refractivity contribution < 1.29 is 4.79 Å². The van der Waals surface area contributed by atoms with Crippen molar-refractivity contribution in [3.8, 4) is 0 Å². The highest BCUT2D eigenvalue weighted by Crippen LogP contribution is 2.09. The second-order valence-corrected chi connectivity index (χ2v) is 5.19. The standard InChI is InChI=1S/C16H18N6O/c1-12-9-14(22-16(21-12)19-11-20-22)18-10-15(23)17-8-7-13-5-3-2-4-6-13/h2-6,9,11,18H,7-8,10H2,1H3,(H,17,23). The van der Waals surface area contributed by atoms with Crippen LogP contribution < -0.4 is 10.6 Å². The predicted octanol–water partition coefficient (Wildman–Crippen LogP) is 1.20. The zero-order chi connectivity index (χ0) is 16.1. The summed E-state index contributed by atoms with van der Waals surface area (Å²) in [7, 11) is 0. The summed E-state index contributed by atoms with van der Waals surface area (Å²) in [4.78, 5) is 20.2. The number of hydrogen-bond donors (Lipinski definition) is 2. The SMILES string of the molecule is Cc1cc(NCC(=O)NCCc2ccccc2)n2ncnc2n1. The Morgan fingerprint density at radius 2 is 2.09 bits per heavy atom. The van der Waals surface area contributed by atoms with Crippen LogP contribution in [0, 0.1) is 6.92 Å². The minimum atomic E-state index is -0.0661. The summed E-state index contributed by atoms with van der Waals surface area (Å²) < 4.78 is 1.57. The van der Waals surface area contributed by atoms with E-state index < -0.39 is 0 Å². The van der Waals surface area contributed by atoms with Crippen molar-refractivity contribution in [2.45, 2.75) is 13.3 Å². The molecule has 3 rings (SSSR count). The summed E-state index contributed by atoms with van der Waals surface area (Å²) in [5.74, 6) is 1.14. The van der Waals surface area contributed by atoms with Crippen LogP contribution in [0.5, 0.6) is 0 Å². The molecule has 0 spiro atoms. The van der Waals surface area contributed by atoms with Gasteiger partial charge in [0, 0.05) is 18.3 Å². The van der Waals surface area contributed by atoms with Crippen molar-refractivity contribution >= 4 is 17.5 Å². The van der Waals surface area contributed by atoms with Crippen LogP contribution in [0.15, 0.2) is 42.7 Å². The molecule has 0 aliphatic rings. The third kappa shape index (κ3) is 3.82. The Morgan fingerprint density at radius 1 is 1.26 bits per heavy atom. The second kappa shape index (κ2) is 6.87. The van der Waals surface area contributed by atoms with Crippen molar-refractivity contribution in [3.05, 3.63) is 54.0 Å². The minimum Gasteiger partial charge on any atom is -0.361 e. The van der Waals surface area contributed by atoms with Crippen molar-refractivity contribution in [2.24, 2.45) is 0 Å². The smallest absolute Gasteiger partial charge is 0.254 e. The van der Waals surface area contributed by atoms with Gasteiger partial charge >= 0.3 is 0 Å². The van der Waals surface area contributed by atoms with E-state index in [1.807, 2.05) is 43.3 Å². The summed E-state index contributed by atoms with van der Waals surface area (Å²) >= 11 is 0. The van der Waals surface area contributed by atoms with E-state index in [1.54, 1.807) is 4.52 Å². The Balaban J connectivity index is 1.51. The predicted molar refractivity (Wildman–Crippen MR) is 87.2 cm³/mol. The maximum absolute atomic E-state index is 11.9. The first-order valence-corrected chi connectivity index (χ1v) is 7.44. The summed E-state index contributed by atoms with van der Waals surface area (Å²) in [5.41, 5.74) is 2.02. The first-order chi connectivity index (χ1) is 11.2. The summed E-state index contributed by atoms with van der Waals surface area (Å²) in [6.45, 7) is 2.66. The molecule has 2 N–H and O–H groups in total. The van der Waals surface area contributed by atoms with E-state index in [1.165, 1.54) is 11.9 Å². The fourth-order valence-electron chi connectivity index (χ4n) is 2.28. The normalized spacial score (nSPS) is 10.7. The van der Waals surface area contributed by atoms with Crippen LogP contribution in [-0.2, 0) is 11.2 Å². The lowest BCUT2D eigenvalue weighted by atomic mass is 10.1. The highest BCUT2D eigenvalue weighted by Gasteiger charge is 2.07. The molecular formula is C16H18N6O. The van der Waals surface area contributed by atoms with Gasteiger partial charge in [0.25, 0.3) is 5.78 Å². The number of amides is 1. The van der Waals surface area contributed by atoms with E-state index in [2.05, 4.69) is 25.7 Å². The molecule has 23 heavy (non-hydrogen) atoms. The van der Waals surface area contributed by atoms with E-state index in [4.69, 9.17) is 0 Å². The van der Waals surface area contributed by atoms with Gasteiger partial charge in [-0.25, -0.2) is 4.98 Å². The molecule has 0 saturated heterocycles. The van der Waals surface area contributed by atoms with E-state index in [9.17, 15) is 4.79 Å². The Kier molecular flexibility index (Phi) is 4.46. The van der Waals surface area contributed by atoms with E-state index in [0.717, 1.165) is 12.1 Å². The molecule has 2 heterocycles. The number of benzene rings is 1. The lowest BCUT2D eigenvalue weighted by Gasteiger charge is -2.09. The number of carbonyl (C=O) groups is 1. The van der Waals surface area contributed by atoms with Gasteiger partial charge in [0.15, 0.2) is 0 Å². The fourth-order valence-corrected chi connectivity index (χ4v) is 2.28. The van der Waals surface area contributed by atoms with Crippen LogP contribution in [0.3, 0.4) is 0 Å². The van der Waals surface area contributed by atoms with Crippen LogP contribution in [0.4, 0.5) is 5.82 Å². The molecular weight excluding hydrogens is 292 g/mol. The van der Waals surface area contributed by atoms with E-state index in [0.29, 0.717) is 18.1 Å². The van der Waals surface area contributed by atoms with Gasteiger partial charge in [-0.3, -0.25) is 4.79 Å². The molecule has 0 bridgehead atoms. The van der Waals surface area contributed by atoms with Crippen LogP contribution in [0.25, 0.3) is 5.78 Å². The van der Waals surface area contributed by atoms with Gasteiger partial charge in [0.2, 0.25) is 5.91 Å². The molecule has 0 unspecified atom stereocenters. The molecule has 0 aliphatic carbocycles. The molecule has 118 valence electrons. The minimum absolute atomic E-state index is 0.0661. The van der Waals surface area contributed by atoms with Crippen LogP contribution in [0.2, 0.25) is 0 Å². The number of anilines is 1. The fraction of sp³-hybridized carbons (Fsp3) is 0.250. The van der Waals surface area contributed by atoms with Crippen molar-refractivity contribution in [1.29, 1.82) is 0 Å². The van der Waals surface area contributed by atoms with Gasteiger partial charge in [-0.1, -0.05) is 30.3 Å². The van der Waals surface area contributed by atoms with Crippen molar-refractivity contribution in [2.75, 3.05) is 18.4 Å². The number of aromatic nitrogens is 4. The number of nitrogens with zero attached hydrogens (tertiary/aromatic N) is 4. The Morgan fingerprint density at radius 3 is 2.91 bits per heavy atom. The van der Waals surface area contributed by atoms with Crippen LogP contribution in [-0.4, -0.2) is 38.6 Å².